The highest BCUT2D eigenvalue weighted by molar-refractivity contribution is 7.90. The molecule has 1 aromatic carbocycles. The number of likely N-dealkylation sites (tertiary alicyclic amines) is 1. The van der Waals surface area contributed by atoms with E-state index < -0.39 is 10.0 Å². The van der Waals surface area contributed by atoms with Crippen molar-refractivity contribution in [2.75, 3.05) is 39.3 Å². The van der Waals surface area contributed by atoms with Gasteiger partial charge < -0.3 is 14.7 Å². The molecule has 2 amide bonds. The van der Waals surface area contributed by atoms with Crippen LogP contribution in [0.2, 0.25) is 0 Å². The lowest BCUT2D eigenvalue weighted by atomic mass is 9.84. The number of piperazine rings is 1. The zero-order valence-electron chi connectivity index (χ0n) is 17.6. The molecule has 3 fully saturated rings. The summed E-state index contributed by atoms with van der Waals surface area (Å²) < 4.78 is 28.8. The van der Waals surface area contributed by atoms with Gasteiger partial charge in [0, 0.05) is 50.7 Å². The molecule has 166 valence electrons. The number of sulfonamides is 1. The SMILES string of the molecule is O=C(C1CCC1)N1CCN(C(=O)C2CCCN(C3=NS(=O)(=O)c4ccccc43)C2)CC1. The number of amides is 2. The Kier molecular flexibility index (Phi) is 5.24. The maximum absolute atomic E-state index is 13.2. The molecule has 1 aliphatic carbocycles. The zero-order valence-corrected chi connectivity index (χ0v) is 18.4. The molecule has 1 unspecified atom stereocenters. The molecule has 1 aromatic rings. The van der Waals surface area contributed by atoms with E-state index in [4.69, 9.17) is 0 Å². The van der Waals surface area contributed by atoms with Crippen molar-refractivity contribution in [3.63, 3.8) is 0 Å². The Morgan fingerprint density at radius 3 is 2.10 bits per heavy atom. The third-order valence-electron chi connectivity index (χ3n) is 7.04. The van der Waals surface area contributed by atoms with Crippen LogP contribution in [0.3, 0.4) is 0 Å². The summed E-state index contributed by atoms with van der Waals surface area (Å²) in [5, 5.41) is 0. The third-order valence-corrected chi connectivity index (χ3v) is 8.37. The zero-order chi connectivity index (χ0) is 21.6. The number of nitrogens with zero attached hydrogens (tertiary/aromatic N) is 4. The minimum Gasteiger partial charge on any atom is -0.355 e. The van der Waals surface area contributed by atoms with E-state index in [1.807, 2.05) is 20.8 Å². The second-order valence-electron chi connectivity index (χ2n) is 8.95. The summed E-state index contributed by atoms with van der Waals surface area (Å²) in [6.45, 7) is 3.53. The van der Waals surface area contributed by atoms with E-state index in [0.29, 0.717) is 50.7 Å². The number of fused-ring (bicyclic) bond motifs is 1. The van der Waals surface area contributed by atoms with Crippen molar-refractivity contribution in [3.05, 3.63) is 29.8 Å². The van der Waals surface area contributed by atoms with E-state index in [9.17, 15) is 18.0 Å². The van der Waals surface area contributed by atoms with Crippen LogP contribution in [0.1, 0.15) is 37.7 Å². The van der Waals surface area contributed by atoms with E-state index in [0.717, 1.165) is 32.1 Å². The number of hydrogen-bond donors (Lipinski definition) is 0. The number of piperidine rings is 1. The second-order valence-corrected chi connectivity index (χ2v) is 10.5. The molecule has 0 bridgehead atoms. The Morgan fingerprint density at radius 2 is 1.45 bits per heavy atom. The fourth-order valence-electron chi connectivity index (χ4n) is 5.01. The highest BCUT2D eigenvalue weighted by Crippen LogP contribution is 2.31. The van der Waals surface area contributed by atoms with Crippen molar-refractivity contribution in [1.82, 2.24) is 14.7 Å². The molecule has 2 saturated heterocycles. The average Bonchev–Trinajstić information content (AvgIpc) is 3.03. The lowest BCUT2D eigenvalue weighted by molar-refractivity contribution is -0.146. The van der Waals surface area contributed by atoms with E-state index in [2.05, 4.69) is 4.40 Å². The van der Waals surface area contributed by atoms with Gasteiger partial charge in [-0.25, -0.2) is 0 Å². The summed E-state index contributed by atoms with van der Waals surface area (Å²) in [4.78, 5) is 31.6. The van der Waals surface area contributed by atoms with Gasteiger partial charge in [-0.15, -0.1) is 4.40 Å². The summed E-state index contributed by atoms with van der Waals surface area (Å²) in [7, 11) is -3.67. The number of hydrogen-bond acceptors (Lipinski definition) is 5. The smallest absolute Gasteiger partial charge is 0.285 e. The minimum absolute atomic E-state index is 0.107. The molecule has 31 heavy (non-hydrogen) atoms. The Balaban J connectivity index is 1.23. The van der Waals surface area contributed by atoms with E-state index in [1.165, 1.54) is 0 Å². The van der Waals surface area contributed by atoms with Crippen LogP contribution in [0, 0.1) is 11.8 Å². The number of benzene rings is 1. The second kappa shape index (κ2) is 7.93. The number of amidine groups is 1. The first kappa shape index (κ1) is 20.5. The predicted octanol–water partition coefficient (Wildman–Crippen LogP) is 1.32. The molecule has 1 atom stereocenters. The molecule has 1 saturated carbocycles. The molecule has 0 radical (unpaired) electrons. The first-order valence-corrected chi connectivity index (χ1v) is 12.6. The Bertz CT molecular complexity index is 1030. The Hall–Kier alpha value is -2.42. The molecule has 4 aliphatic rings. The van der Waals surface area contributed by atoms with Crippen LogP contribution < -0.4 is 0 Å². The molecule has 0 N–H and O–H groups in total. The topological polar surface area (TPSA) is 90.4 Å². The standard InChI is InChI=1S/C22H28N4O4S/c27-21(16-5-3-6-16)24-11-13-25(14-12-24)22(28)17-7-4-10-26(15-17)20-18-8-1-2-9-19(18)31(29,30)23-20/h1-2,8-9,16-17H,3-7,10-15H2. The van der Waals surface area contributed by atoms with Gasteiger partial charge in [-0.2, -0.15) is 8.42 Å². The molecule has 0 aromatic heterocycles. The maximum atomic E-state index is 13.2. The Morgan fingerprint density at radius 1 is 0.839 bits per heavy atom. The van der Waals surface area contributed by atoms with Crippen molar-refractivity contribution in [2.45, 2.75) is 37.0 Å². The van der Waals surface area contributed by atoms with Crippen LogP contribution in [-0.4, -0.2) is 80.0 Å². The van der Waals surface area contributed by atoms with E-state index >= 15 is 0 Å². The van der Waals surface area contributed by atoms with Crippen molar-refractivity contribution in [2.24, 2.45) is 16.2 Å². The monoisotopic (exact) mass is 444 g/mol. The van der Waals surface area contributed by atoms with Gasteiger partial charge in [0.2, 0.25) is 11.8 Å². The molecule has 3 aliphatic heterocycles. The van der Waals surface area contributed by atoms with Crippen molar-refractivity contribution < 1.29 is 18.0 Å². The quantitative estimate of drug-likeness (QED) is 0.686. The highest BCUT2D eigenvalue weighted by Gasteiger charge is 2.37. The fourth-order valence-corrected chi connectivity index (χ4v) is 6.23. The number of rotatable bonds is 2. The molecule has 9 heteroatoms. The van der Waals surface area contributed by atoms with E-state index in [-0.39, 0.29) is 28.5 Å². The molecule has 0 spiro atoms. The van der Waals surface area contributed by atoms with Crippen LogP contribution in [0.25, 0.3) is 0 Å². The molecule has 5 rings (SSSR count). The van der Waals surface area contributed by atoms with Gasteiger partial charge in [0.05, 0.1) is 5.92 Å². The number of carbonyl (C=O) groups is 2. The summed E-state index contributed by atoms with van der Waals surface area (Å²) in [6.07, 6.45) is 4.75. The predicted molar refractivity (Wildman–Crippen MR) is 115 cm³/mol. The lowest BCUT2D eigenvalue weighted by Crippen LogP contribution is -2.55. The van der Waals surface area contributed by atoms with Crippen molar-refractivity contribution in [1.29, 1.82) is 0 Å². The van der Waals surface area contributed by atoms with Gasteiger partial charge in [-0.05, 0) is 37.8 Å². The first-order chi connectivity index (χ1) is 14.9. The average molecular weight is 445 g/mol. The van der Waals surface area contributed by atoms with E-state index in [1.54, 1.807) is 18.2 Å². The molecule has 3 heterocycles. The van der Waals surface area contributed by atoms with Gasteiger partial charge >= 0.3 is 0 Å². The minimum atomic E-state index is -3.67. The van der Waals surface area contributed by atoms with Gasteiger partial charge in [-0.1, -0.05) is 18.6 Å². The molecular formula is C22H28N4O4S. The van der Waals surface area contributed by atoms with Crippen LogP contribution >= 0.6 is 0 Å². The summed E-state index contributed by atoms with van der Waals surface area (Å²) in [6, 6.07) is 6.87. The maximum Gasteiger partial charge on any atom is 0.285 e. The normalized spacial score (nSPS) is 25.6. The van der Waals surface area contributed by atoms with Crippen LogP contribution in [0.5, 0.6) is 0 Å². The van der Waals surface area contributed by atoms with Crippen LogP contribution in [-0.2, 0) is 19.6 Å². The summed E-state index contributed by atoms with van der Waals surface area (Å²) in [5.41, 5.74) is 0.624. The van der Waals surface area contributed by atoms with Crippen molar-refractivity contribution in [3.8, 4) is 0 Å². The van der Waals surface area contributed by atoms with Gasteiger partial charge in [0.25, 0.3) is 10.0 Å². The Labute approximate surface area is 183 Å². The van der Waals surface area contributed by atoms with Crippen LogP contribution in [0.4, 0.5) is 0 Å². The van der Waals surface area contributed by atoms with Crippen LogP contribution in [0.15, 0.2) is 33.6 Å². The summed E-state index contributed by atoms with van der Waals surface area (Å²) in [5.74, 6) is 0.835. The molecule has 8 nitrogen and oxygen atoms in total. The lowest BCUT2D eigenvalue weighted by Gasteiger charge is -2.41. The fraction of sp³-hybridized carbons (Fsp3) is 0.591. The number of carbonyl (C=O) groups excluding carboxylic acids is 2. The van der Waals surface area contributed by atoms with Gasteiger partial charge in [0.15, 0.2) is 5.84 Å². The van der Waals surface area contributed by atoms with Gasteiger partial charge in [-0.3, -0.25) is 9.59 Å². The summed E-state index contributed by atoms with van der Waals surface area (Å²) >= 11 is 0. The third kappa shape index (κ3) is 3.73. The highest BCUT2D eigenvalue weighted by atomic mass is 32.2. The largest absolute Gasteiger partial charge is 0.355 e. The van der Waals surface area contributed by atoms with Crippen molar-refractivity contribution >= 4 is 27.7 Å². The molecular weight excluding hydrogens is 416 g/mol. The van der Waals surface area contributed by atoms with Gasteiger partial charge in [0.1, 0.15) is 4.90 Å². The first-order valence-electron chi connectivity index (χ1n) is 11.2.